The molecule has 3 rings (SSSR count). The summed E-state index contributed by atoms with van der Waals surface area (Å²) in [6.45, 7) is 5.36. The van der Waals surface area contributed by atoms with Crippen molar-refractivity contribution in [2.45, 2.75) is 25.7 Å². The van der Waals surface area contributed by atoms with Gasteiger partial charge in [-0.05, 0) is 86.0 Å². The van der Waals surface area contributed by atoms with Gasteiger partial charge in [0, 0.05) is 11.4 Å². The zero-order chi connectivity index (χ0) is 22.6. The number of aryl methyl sites for hydroxylation is 2. The number of hydrogen-bond donors (Lipinski definition) is 2. The largest absolute Gasteiger partial charge is 0.483 e. The number of carbonyl (C=O) groups excluding carboxylic acids is 1. The van der Waals surface area contributed by atoms with Gasteiger partial charge in [-0.1, -0.05) is 12.1 Å². The highest BCUT2D eigenvalue weighted by molar-refractivity contribution is 7.92. The number of benzene rings is 3. The molecule has 0 saturated heterocycles. The van der Waals surface area contributed by atoms with Crippen molar-refractivity contribution in [3.8, 4) is 5.75 Å². The fraction of sp³-hybridized carbons (Fsp3) is 0.174. The Kier molecular flexibility index (Phi) is 6.60. The molecule has 0 aliphatic carbocycles. The Morgan fingerprint density at radius 2 is 1.68 bits per heavy atom. The van der Waals surface area contributed by atoms with Crippen LogP contribution in [0.4, 0.5) is 15.8 Å². The number of ether oxygens (including phenoxy) is 1. The molecule has 0 aliphatic heterocycles. The molecular weight excluding hydrogens is 419 g/mol. The van der Waals surface area contributed by atoms with Crippen molar-refractivity contribution < 1.29 is 22.3 Å². The summed E-state index contributed by atoms with van der Waals surface area (Å²) < 4.78 is 46.1. The van der Waals surface area contributed by atoms with E-state index in [2.05, 4.69) is 10.0 Å². The monoisotopic (exact) mass is 442 g/mol. The van der Waals surface area contributed by atoms with E-state index in [1.54, 1.807) is 6.92 Å². The van der Waals surface area contributed by atoms with Crippen molar-refractivity contribution in [3.05, 3.63) is 83.2 Å². The van der Waals surface area contributed by atoms with Crippen molar-refractivity contribution in [1.29, 1.82) is 0 Å². The zero-order valence-corrected chi connectivity index (χ0v) is 18.2. The van der Waals surface area contributed by atoms with E-state index in [1.165, 1.54) is 42.5 Å². The second-order valence-electron chi connectivity index (χ2n) is 7.12. The fourth-order valence-electron chi connectivity index (χ4n) is 2.90. The summed E-state index contributed by atoms with van der Waals surface area (Å²) in [6, 6.07) is 15.0. The van der Waals surface area contributed by atoms with Crippen molar-refractivity contribution in [2.24, 2.45) is 0 Å². The molecule has 3 aromatic rings. The molecule has 0 heterocycles. The minimum absolute atomic E-state index is 0.0292. The Hall–Kier alpha value is -3.39. The van der Waals surface area contributed by atoms with Crippen LogP contribution in [0, 0.1) is 26.6 Å². The molecule has 0 spiro atoms. The van der Waals surface area contributed by atoms with E-state index in [0.29, 0.717) is 11.3 Å². The van der Waals surface area contributed by atoms with Gasteiger partial charge < -0.3 is 10.1 Å². The molecule has 31 heavy (non-hydrogen) atoms. The van der Waals surface area contributed by atoms with Crippen molar-refractivity contribution in [1.82, 2.24) is 0 Å². The molecule has 0 unspecified atom stereocenters. The van der Waals surface area contributed by atoms with Gasteiger partial charge >= 0.3 is 0 Å². The molecule has 0 aromatic heterocycles. The van der Waals surface area contributed by atoms with Crippen LogP contribution in [-0.2, 0) is 14.8 Å². The minimum Gasteiger partial charge on any atom is -0.483 e. The second-order valence-corrected chi connectivity index (χ2v) is 8.81. The van der Waals surface area contributed by atoms with E-state index in [0.717, 1.165) is 16.8 Å². The molecule has 2 N–H and O–H groups in total. The van der Waals surface area contributed by atoms with Gasteiger partial charge in [0.25, 0.3) is 15.9 Å². The van der Waals surface area contributed by atoms with Crippen LogP contribution in [0.5, 0.6) is 5.75 Å². The van der Waals surface area contributed by atoms with Crippen LogP contribution in [-0.4, -0.2) is 20.9 Å². The lowest BCUT2D eigenvalue weighted by molar-refractivity contribution is -0.118. The van der Waals surface area contributed by atoms with E-state index in [1.807, 2.05) is 32.0 Å². The van der Waals surface area contributed by atoms with Crippen molar-refractivity contribution in [3.63, 3.8) is 0 Å². The SMILES string of the molecule is Cc1cc(S(=O)(=O)Nc2ccc(F)cc2)ccc1OCC(=O)Nc1cccc(C)c1C. The molecule has 0 fully saturated rings. The van der Waals surface area contributed by atoms with E-state index in [4.69, 9.17) is 4.74 Å². The lowest BCUT2D eigenvalue weighted by atomic mass is 10.1. The summed E-state index contributed by atoms with van der Waals surface area (Å²) in [5, 5.41) is 2.81. The van der Waals surface area contributed by atoms with E-state index in [-0.39, 0.29) is 23.1 Å². The molecule has 8 heteroatoms. The van der Waals surface area contributed by atoms with Crippen LogP contribution in [0.3, 0.4) is 0 Å². The molecule has 0 radical (unpaired) electrons. The normalized spacial score (nSPS) is 11.1. The van der Waals surface area contributed by atoms with Gasteiger partial charge in [-0.25, -0.2) is 12.8 Å². The first kappa shape index (κ1) is 22.3. The summed E-state index contributed by atoms with van der Waals surface area (Å²) >= 11 is 0. The molecule has 0 aliphatic rings. The molecule has 162 valence electrons. The van der Waals surface area contributed by atoms with Crippen LogP contribution in [0.15, 0.2) is 65.6 Å². The predicted molar refractivity (Wildman–Crippen MR) is 118 cm³/mol. The summed E-state index contributed by atoms with van der Waals surface area (Å²) in [7, 11) is -3.85. The third kappa shape index (κ3) is 5.61. The quantitative estimate of drug-likeness (QED) is 0.561. The first-order valence-corrected chi connectivity index (χ1v) is 11.0. The van der Waals surface area contributed by atoms with E-state index < -0.39 is 15.8 Å². The van der Waals surface area contributed by atoms with E-state index in [9.17, 15) is 17.6 Å². The average Bonchev–Trinajstić information content (AvgIpc) is 2.72. The van der Waals surface area contributed by atoms with Crippen LogP contribution in [0.1, 0.15) is 16.7 Å². The van der Waals surface area contributed by atoms with Crippen LogP contribution < -0.4 is 14.8 Å². The maximum atomic E-state index is 13.0. The van der Waals surface area contributed by atoms with Gasteiger partial charge in [0.15, 0.2) is 6.61 Å². The Bertz CT molecular complexity index is 1210. The number of anilines is 2. The highest BCUT2D eigenvalue weighted by Crippen LogP contribution is 2.24. The number of hydrogen-bond acceptors (Lipinski definition) is 4. The third-order valence-corrected chi connectivity index (χ3v) is 6.17. The highest BCUT2D eigenvalue weighted by atomic mass is 32.2. The number of carbonyl (C=O) groups is 1. The molecular formula is C23H23FN2O4S. The minimum atomic E-state index is -3.85. The van der Waals surface area contributed by atoms with Gasteiger partial charge in [0.1, 0.15) is 11.6 Å². The lowest BCUT2D eigenvalue weighted by Crippen LogP contribution is -2.21. The second kappa shape index (κ2) is 9.18. The predicted octanol–water partition coefficient (Wildman–Crippen LogP) is 4.57. The van der Waals surface area contributed by atoms with Crippen molar-refractivity contribution >= 4 is 27.3 Å². The molecule has 0 atom stereocenters. The summed E-state index contributed by atoms with van der Waals surface area (Å²) in [6.07, 6.45) is 0. The van der Waals surface area contributed by atoms with E-state index >= 15 is 0 Å². The smallest absolute Gasteiger partial charge is 0.262 e. The van der Waals surface area contributed by atoms with Gasteiger partial charge in [0.05, 0.1) is 4.90 Å². The van der Waals surface area contributed by atoms with Gasteiger partial charge in [-0.15, -0.1) is 0 Å². The molecule has 1 amide bonds. The number of rotatable bonds is 7. The Balaban J connectivity index is 1.65. The summed E-state index contributed by atoms with van der Waals surface area (Å²) in [5.41, 5.74) is 3.58. The van der Waals surface area contributed by atoms with Crippen LogP contribution in [0.25, 0.3) is 0 Å². The summed E-state index contributed by atoms with van der Waals surface area (Å²) in [5.74, 6) is -0.374. The third-order valence-electron chi connectivity index (χ3n) is 4.79. The Labute approximate surface area is 181 Å². The van der Waals surface area contributed by atoms with Gasteiger partial charge in [0.2, 0.25) is 0 Å². The number of halogens is 1. The van der Waals surface area contributed by atoms with Crippen LogP contribution >= 0.6 is 0 Å². The first-order chi connectivity index (χ1) is 14.7. The Morgan fingerprint density at radius 3 is 2.35 bits per heavy atom. The average molecular weight is 443 g/mol. The molecule has 6 nitrogen and oxygen atoms in total. The van der Waals surface area contributed by atoms with Crippen molar-refractivity contribution in [2.75, 3.05) is 16.6 Å². The molecule has 3 aromatic carbocycles. The maximum absolute atomic E-state index is 13.0. The van der Waals surface area contributed by atoms with Gasteiger partial charge in [-0.2, -0.15) is 0 Å². The molecule has 0 bridgehead atoms. The number of amides is 1. The Morgan fingerprint density at radius 1 is 0.968 bits per heavy atom. The zero-order valence-electron chi connectivity index (χ0n) is 17.4. The first-order valence-electron chi connectivity index (χ1n) is 9.53. The summed E-state index contributed by atoms with van der Waals surface area (Å²) in [4.78, 5) is 12.3. The standard InChI is InChI=1S/C23H23FN2O4S/c1-15-5-4-6-21(17(15)3)25-23(27)14-30-22-12-11-20(13-16(22)2)31(28,29)26-19-9-7-18(24)8-10-19/h4-13,26H,14H2,1-3H3,(H,25,27). The lowest BCUT2D eigenvalue weighted by Gasteiger charge is -2.13. The number of sulfonamides is 1. The van der Waals surface area contributed by atoms with Gasteiger partial charge in [-0.3, -0.25) is 9.52 Å². The maximum Gasteiger partial charge on any atom is 0.262 e. The van der Waals surface area contributed by atoms with Crippen LogP contribution in [0.2, 0.25) is 0 Å². The highest BCUT2D eigenvalue weighted by Gasteiger charge is 2.16. The topological polar surface area (TPSA) is 84.5 Å². The fourth-order valence-corrected chi connectivity index (χ4v) is 4.04. The molecule has 0 saturated carbocycles. The number of nitrogens with one attached hydrogen (secondary N) is 2.